The Balaban J connectivity index is 1.94. The molecule has 39 heavy (non-hydrogen) atoms. The molecule has 0 bridgehead atoms. The van der Waals surface area contributed by atoms with Gasteiger partial charge in [-0.3, -0.25) is 19.7 Å². The fraction of sp³-hybridized carbons (Fsp3) is 0.310. The van der Waals surface area contributed by atoms with E-state index in [9.17, 15) is 19.7 Å². The first-order valence-corrected chi connectivity index (χ1v) is 12.7. The summed E-state index contributed by atoms with van der Waals surface area (Å²) in [4.78, 5) is 39.4. The van der Waals surface area contributed by atoms with Crippen molar-refractivity contribution in [1.82, 2.24) is 10.2 Å². The van der Waals surface area contributed by atoms with E-state index >= 15 is 0 Å². The highest BCUT2D eigenvalue weighted by atomic mass is 35.5. The Morgan fingerprint density at radius 1 is 1.03 bits per heavy atom. The number of methoxy groups -OCH3 is 1. The molecule has 0 saturated carbocycles. The minimum absolute atomic E-state index is 0.00671. The van der Waals surface area contributed by atoms with Crippen LogP contribution in [0.1, 0.15) is 31.9 Å². The third kappa shape index (κ3) is 8.71. The largest absolute Gasteiger partial charge is 0.490 e. The molecule has 1 atom stereocenters. The Kier molecular flexibility index (Phi) is 9.89. The molecule has 0 spiro atoms. The van der Waals surface area contributed by atoms with Crippen molar-refractivity contribution in [3.8, 4) is 11.5 Å². The lowest BCUT2D eigenvalue weighted by molar-refractivity contribution is -0.385. The van der Waals surface area contributed by atoms with Gasteiger partial charge in [0.2, 0.25) is 11.7 Å². The summed E-state index contributed by atoms with van der Waals surface area (Å²) >= 11 is 6.20. The van der Waals surface area contributed by atoms with Crippen molar-refractivity contribution in [3.63, 3.8) is 0 Å². The van der Waals surface area contributed by atoms with Gasteiger partial charge in [-0.15, -0.1) is 0 Å². The highest BCUT2D eigenvalue weighted by Crippen LogP contribution is 2.31. The molecule has 0 fully saturated rings. The molecule has 1 unspecified atom stereocenters. The van der Waals surface area contributed by atoms with Crippen LogP contribution in [-0.4, -0.2) is 46.9 Å². The minimum atomic E-state index is -0.854. The zero-order valence-electron chi connectivity index (χ0n) is 22.3. The van der Waals surface area contributed by atoms with Gasteiger partial charge in [-0.2, -0.15) is 0 Å². The topological polar surface area (TPSA) is 111 Å². The van der Waals surface area contributed by atoms with Gasteiger partial charge in [-0.25, -0.2) is 0 Å². The van der Waals surface area contributed by atoms with Crippen LogP contribution in [0, 0.1) is 10.1 Å². The van der Waals surface area contributed by atoms with E-state index in [0.29, 0.717) is 5.02 Å². The average molecular weight is 554 g/mol. The number of ether oxygens (including phenoxy) is 2. The second-order valence-corrected chi connectivity index (χ2v) is 10.4. The number of hydrogen-bond acceptors (Lipinski definition) is 6. The predicted molar refractivity (Wildman–Crippen MR) is 149 cm³/mol. The Morgan fingerprint density at radius 3 is 2.33 bits per heavy atom. The van der Waals surface area contributed by atoms with Crippen LogP contribution in [0.5, 0.6) is 11.5 Å². The van der Waals surface area contributed by atoms with Gasteiger partial charge in [0.15, 0.2) is 6.61 Å². The number of nitro groups is 1. The Labute approximate surface area is 232 Å². The van der Waals surface area contributed by atoms with Crippen LogP contribution >= 0.6 is 11.6 Å². The van der Waals surface area contributed by atoms with E-state index in [-0.39, 0.29) is 36.1 Å². The lowest BCUT2D eigenvalue weighted by atomic mass is 10.0. The van der Waals surface area contributed by atoms with Crippen LogP contribution in [0.15, 0.2) is 72.8 Å². The molecule has 3 rings (SSSR count). The zero-order valence-corrected chi connectivity index (χ0v) is 23.1. The number of halogens is 1. The first-order chi connectivity index (χ1) is 18.5. The number of amides is 2. The molecule has 3 aromatic rings. The quantitative estimate of drug-likeness (QED) is 0.258. The summed E-state index contributed by atoms with van der Waals surface area (Å²) in [5.74, 6) is -0.532. The van der Waals surface area contributed by atoms with E-state index in [4.69, 9.17) is 21.1 Å². The van der Waals surface area contributed by atoms with Crippen molar-refractivity contribution in [2.75, 3.05) is 13.7 Å². The molecule has 0 aliphatic carbocycles. The van der Waals surface area contributed by atoms with Gasteiger partial charge in [0, 0.05) is 35.7 Å². The second kappa shape index (κ2) is 13.1. The molecule has 3 aromatic carbocycles. The van der Waals surface area contributed by atoms with Crippen molar-refractivity contribution in [1.29, 1.82) is 0 Å². The van der Waals surface area contributed by atoms with Crippen molar-refractivity contribution in [2.24, 2.45) is 0 Å². The van der Waals surface area contributed by atoms with Gasteiger partial charge in [-0.05, 0) is 50.1 Å². The smallest absolute Gasteiger partial charge is 0.311 e. The van der Waals surface area contributed by atoms with E-state index in [1.54, 1.807) is 18.2 Å². The predicted octanol–water partition coefficient (Wildman–Crippen LogP) is 5.19. The number of hydrogen-bond donors (Lipinski definition) is 1. The zero-order chi connectivity index (χ0) is 28.6. The van der Waals surface area contributed by atoms with E-state index in [1.165, 1.54) is 30.2 Å². The SMILES string of the molecule is COc1cc(OCC(=O)N(Cc2cccc(Cl)c2)C(Cc2ccccc2)C(=O)NC(C)(C)C)ccc1[N+](=O)[O-]. The molecular weight excluding hydrogens is 522 g/mol. The van der Waals surface area contributed by atoms with Crippen molar-refractivity contribution in [2.45, 2.75) is 45.3 Å². The van der Waals surface area contributed by atoms with Gasteiger partial charge >= 0.3 is 5.69 Å². The maximum atomic E-state index is 13.7. The van der Waals surface area contributed by atoms with Gasteiger partial charge < -0.3 is 19.7 Å². The molecule has 0 aliphatic heterocycles. The summed E-state index contributed by atoms with van der Waals surface area (Å²) in [6.07, 6.45) is 0.278. The molecular formula is C29H32ClN3O6. The molecule has 0 saturated heterocycles. The number of nitrogens with one attached hydrogen (secondary N) is 1. The molecule has 1 N–H and O–H groups in total. The monoisotopic (exact) mass is 553 g/mol. The average Bonchev–Trinajstić information content (AvgIpc) is 2.88. The van der Waals surface area contributed by atoms with Gasteiger partial charge in [-0.1, -0.05) is 54.1 Å². The molecule has 0 aliphatic rings. The van der Waals surface area contributed by atoms with Crippen LogP contribution < -0.4 is 14.8 Å². The third-order valence-electron chi connectivity index (χ3n) is 5.72. The van der Waals surface area contributed by atoms with Crippen molar-refractivity contribution >= 4 is 29.1 Å². The number of carbonyl (C=O) groups excluding carboxylic acids is 2. The summed E-state index contributed by atoms with van der Waals surface area (Å²) in [5.41, 5.74) is 0.884. The number of benzene rings is 3. The first kappa shape index (κ1) is 29.4. The maximum Gasteiger partial charge on any atom is 0.311 e. The van der Waals surface area contributed by atoms with E-state index < -0.39 is 29.0 Å². The summed E-state index contributed by atoms with van der Waals surface area (Å²) in [5, 5.41) is 14.7. The first-order valence-electron chi connectivity index (χ1n) is 12.3. The Bertz CT molecular complexity index is 1310. The molecule has 206 valence electrons. The summed E-state index contributed by atoms with van der Waals surface area (Å²) < 4.78 is 10.8. The highest BCUT2D eigenvalue weighted by Gasteiger charge is 2.32. The van der Waals surface area contributed by atoms with Crippen LogP contribution in [0.4, 0.5) is 5.69 Å². The summed E-state index contributed by atoms with van der Waals surface area (Å²) in [7, 11) is 1.31. The van der Waals surface area contributed by atoms with E-state index in [1.807, 2.05) is 57.2 Å². The van der Waals surface area contributed by atoms with Crippen LogP contribution in [0.2, 0.25) is 5.02 Å². The number of nitro benzene ring substituents is 1. The lowest BCUT2D eigenvalue weighted by Crippen LogP contribution is -2.55. The fourth-order valence-electron chi connectivity index (χ4n) is 3.97. The number of nitrogens with zero attached hydrogens (tertiary/aromatic N) is 2. The number of rotatable bonds is 11. The van der Waals surface area contributed by atoms with E-state index in [0.717, 1.165) is 11.1 Å². The van der Waals surface area contributed by atoms with Crippen LogP contribution in [0.3, 0.4) is 0 Å². The normalized spacial score (nSPS) is 11.8. The van der Waals surface area contributed by atoms with Gasteiger partial charge in [0.25, 0.3) is 5.91 Å². The third-order valence-corrected chi connectivity index (χ3v) is 5.96. The molecule has 9 nitrogen and oxygen atoms in total. The number of carbonyl (C=O) groups is 2. The molecule has 10 heteroatoms. The fourth-order valence-corrected chi connectivity index (χ4v) is 4.18. The lowest BCUT2D eigenvalue weighted by Gasteiger charge is -2.33. The minimum Gasteiger partial charge on any atom is -0.490 e. The Morgan fingerprint density at radius 2 is 1.72 bits per heavy atom. The van der Waals surface area contributed by atoms with Gasteiger partial charge in [0.1, 0.15) is 11.8 Å². The standard InChI is InChI=1S/C29H32ClN3O6/c1-29(2,3)31-28(35)25(16-20-9-6-5-7-10-20)32(18-21-11-8-12-22(30)15-21)27(34)19-39-23-13-14-24(33(36)37)26(17-23)38-4/h5-15,17,25H,16,18-19H2,1-4H3,(H,31,35). The second-order valence-electron chi connectivity index (χ2n) is 9.98. The maximum absolute atomic E-state index is 13.7. The van der Waals surface area contributed by atoms with Gasteiger partial charge in [0.05, 0.1) is 12.0 Å². The highest BCUT2D eigenvalue weighted by molar-refractivity contribution is 6.30. The summed E-state index contributed by atoms with van der Waals surface area (Å²) in [6.45, 7) is 5.33. The Hall–Kier alpha value is -4.11. The summed E-state index contributed by atoms with van der Waals surface area (Å²) in [6, 6.07) is 19.7. The van der Waals surface area contributed by atoms with Crippen molar-refractivity contribution < 1.29 is 24.0 Å². The van der Waals surface area contributed by atoms with Crippen molar-refractivity contribution in [3.05, 3.63) is 99.1 Å². The molecule has 0 aromatic heterocycles. The molecule has 2 amide bonds. The van der Waals surface area contributed by atoms with Crippen LogP contribution in [0.25, 0.3) is 0 Å². The molecule has 0 heterocycles. The molecule has 0 radical (unpaired) electrons. The van der Waals surface area contributed by atoms with Crippen LogP contribution in [-0.2, 0) is 22.6 Å². The van der Waals surface area contributed by atoms with E-state index in [2.05, 4.69) is 5.32 Å².